The molecule has 0 aliphatic carbocycles. The minimum atomic E-state index is -3.83. The van der Waals surface area contributed by atoms with Crippen molar-refractivity contribution in [2.45, 2.75) is 11.8 Å². The highest BCUT2D eigenvalue weighted by molar-refractivity contribution is 7.92. The van der Waals surface area contributed by atoms with E-state index in [4.69, 9.17) is 0 Å². The van der Waals surface area contributed by atoms with Crippen molar-refractivity contribution in [2.24, 2.45) is 0 Å². The second kappa shape index (κ2) is 8.06. The van der Waals surface area contributed by atoms with Crippen LogP contribution >= 0.6 is 0 Å². The monoisotopic (exact) mass is 394 g/mol. The van der Waals surface area contributed by atoms with Crippen LogP contribution in [0.3, 0.4) is 0 Å². The van der Waals surface area contributed by atoms with E-state index < -0.39 is 15.9 Å². The highest BCUT2D eigenvalue weighted by atomic mass is 32.2. The maximum absolute atomic E-state index is 12.6. The molecule has 0 aromatic heterocycles. The predicted octanol–water partition coefficient (Wildman–Crippen LogP) is 3.94. The first-order valence-electron chi connectivity index (χ1n) is 8.45. The van der Waals surface area contributed by atoms with Crippen LogP contribution < -0.4 is 10.0 Å². The van der Waals surface area contributed by atoms with Crippen molar-refractivity contribution in [1.82, 2.24) is 0 Å². The minimum absolute atomic E-state index is 0.0264. The number of anilines is 2. The van der Waals surface area contributed by atoms with Gasteiger partial charge in [0.25, 0.3) is 15.9 Å². The Hall–Kier alpha value is -3.45. The summed E-state index contributed by atoms with van der Waals surface area (Å²) < 4.78 is 27.6. The maximum atomic E-state index is 12.6. The number of para-hydroxylation sites is 1. The normalized spacial score (nSPS) is 10.9. The van der Waals surface area contributed by atoms with Crippen molar-refractivity contribution in [3.05, 3.63) is 90.0 Å². The Bertz CT molecular complexity index is 1130. The summed E-state index contributed by atoms with van der Waals surface area (Å²) >= 11 is 0. The van der Waals surface area contributed by atoms with Gasteiger partial charge in [-0.3, -0.25) is 14.3 Å². The molecule has 0 unspecified atom stereocenters. The van der Waals surface area contributed by atoms with E-state index in [9.17, 15) is 18.0 Å². The van der Waals surface area contributed by atoms with Crippen molar-refractivity contribution < 1.29 is 18.0 Å². The first-order valence-corrected chi connectivity index (χ1v) is 9.94. The summed E-state index contributed by atoms with van der Waals surface area (Å²) in [5, 5.41) is 2.68. The van der Waals surface area contributed by atoms with Crippen molar-refractivity contribution in [1.29, 1.82) is 0 Å². The summed E-state index contributed by atoms with van der Waals surface area (Å²) in [6.45, 7) is 1.44. The first kappa shape index (κ1) is 19.3. The van der Waals surface area contributed by atoms with Gasteiger partial charge in [-0.1, -0.05) is 36.4 Å². The van der Waals surface area contributed by atoms with Crippen LogP contribution in [0, 0.1) is 0 Å². The van der Waals surface area contributed by atoms with Crippen molar-refractivity contribution in [3.63, 3.8) is 0 Å². The molecule has 3 rings (SSSR count). The number of carbonyl (C=O) groups is 2. The molecule has 3 aromatic carbocycles. The van der Waals surface area contributed by atoms with E-state index in [1.807, 2.05) is 0 Å². The van der Waals surface area contributed by atoms with Crippen LogP contribution in [0.15, 0.2) is 83.8 Å². The van der Waals surface area contributed by atoms with Gasteiger partial charge >= 0.3 is 0 Å². The van der Waals surface area contributed by atoms with E-state index in [0.29, 0.717) is 16.9 Å². The zero-order valence-electron chi connectivity index (χ0n) is 15.0. The maximum Gasteiger partial charge on any atom is 0.261 e. The number of Topliss-reactive ketones (excluding diaryl/α,β-unsaturated/α-hetero) is 1. The summed E-state index contributed by atoms with van der Waals surface area (Å²) in [5.74, 6) is -0.589. The van der Waals surface area contributed by atoms with E-state index in [1.54, 1.807) is 54.6 Å². The molecule has 0 aliphatic rings. The fraction of sp³-hybridized carbons (Fsp3) is 0.0476. The number of hydrogen-bond donors (Lipinski definition) is 2. The van der Waals surface area contributed by atoms with Gasteiger partial charge in [0.05, 0.1) is 4.90 Å². The second-order valence-corrected chi connectivity index (χ2v) is 7.77. The molecule has 0 heterocycles. The van der Waals surface area contributed by atoms with Crippen LogP contribution in [0.25, 0.3) is 0 Å². The molecule has 0 fully saturated rings. The van der Waals surface area contributed by atoms with E-state index in [0.717, 1.165) is 0 Å². The largest absolute Gasteiger partial charge is 0.322 e. The van der Waals surface area contributed by atoms with Gasteiger partial charge in [-0.15, -0.1) is 0 Å². The SMILES string of the molecule is CC(=O)c1cccc(NC(=O)c2cccc(S(=O)(=O)Nc3ccccc3)c2)c1. The lowest BCUT2D eigenvalue weighted by atomic mass is 10.1. The molecule has 0 saturated heterocycles. The highest BCUT2D eigenvalue weighted by Gasteiger charge is 2.16. The van der Waals surface area contributed by atoms with Gasteiger partial charge < -0.3 is 5.32 Å². The minimum Gasteiger partial charge on any atom is -0.322 e. The van der Waals surface area contributed by atoms with Crippen molar-refractivity contribution >= 4 is 33.1 Å². The van der Waals surface area contributed by atoms with Gasteiger partial charge in [-0.2, -0.15) is 0 Å². The molecule has 0 spiro atoms. The van der Waals surface area contributed by atoms with Crippen LogP contribution in [0.4, 0.5) is 11.4 Å². The number of hydrogen-bond acceptors (Lipinski definition) is 4. The Morgan fingerprint density at radius 2 is 1.39 bits per heavy atom. The molecule has 6 nitrogen and oxygen atoms in total. The number of carbonyl (C=O) groups excluding carboxylic acids is 2. The molecule has 0 saturated carbocycles. The molecular weight excluding hydrogens is 376 g/mol. The van der Waals surface area contributed by atoms with Gasteiger partial charge in [-0.25, -0.2) is 8.42 Å². The number of ketones is 1. The van der Waals surface area contributed by atoms with Crippen molar-refractivity contribution in [2.75, 3.05) is 10.0 Å². The van der Waals surface area contributed by atoms with E-state index in [1.165, 1.54) is 31.2 Å². The molecule has 142 valence electrons. The quantitative estimate of drug-likeness (QED) is 0.620. The number of rotatable bonds is 6. The molecule has 3 aromatic rings. The topological polar surface area (TPSA) is 92.3 Å². The predicted molar refractivity (Wildman–Crippen MR) is 108 cm³/mol. The van der Waals surface area contributed by atoms with Crippen LogP contribution in [-0.2, 0) is 10.0 Å². The zero-order chi connectivity index (χ0) is 20.1. The Balaban J connectivity index is 1.81. The molecule has 0 radical (unpaired) electrons. The number of benzene rings is 3. The average molecular weight is 394 g/mol. The lowest BCUT2D eigenvalue weighted by Crippen LogP contribution is -2.16. The zero-order valence-corrected chi connectivity index (χ0v) is 15.9. The molecular formula is C21H18N2O4S. The van der Waals surface area contributed by atoms with Crippen LogP contribution in [0.2, 0.25) is 0 Å². The molecule has 0 atom stereocenters. The third-order valence-corrected chi connectivity index (χ3v) is 5.34. The fourth-order valence-electron chi connectivity index (χ4n) is 2.54. The third kappa shape index (κ3) is 4.63. The standard InChI is InChI=1S/C21H18N2O4S/c1-15(24)16-7-5-11-19(13-16)22-21(25)17-8-6-12-20(14-17)28(26,27)23-18-9-3-2-4-10-18/h2-14,23H,1H3,(H,22,25). The number of sulfonamides is 1. The Morgan fingerprint density at radius 3 is 2.11 bits per heavy atom. The van der Waals surface area contributed by atoms with Crippen molar-refractivity contribution in [3.8, 4) is 0 Å². The van der Waals surface area contributed by atoms with Gasteiger partial charge in [-0.05, 0) is 49.4 Å². The summed E-state index contributed by atoms with van der Waals surface area (Å²) in [7, 11) is -3.83. The Labute approximate surface area is 163 Å². The van der Waals surface area contributed by atoms with Crippen LogP contribution in [0.5, 0.6) is 0 Å². The van der Waals surface area contributed by atoms with Gasteiger partial charge in [0.15, 0.2) is 5.78 Å². The van der Waals surface area contributed by atoms with Gasteiger partial charge in [0.1, 0.15) is 0 Å². The highest BCUT2D eigenvalue weighted by Crippen LogP contribution is 2.18. The number of nitrogens with one attached hydrogen (secondary N) is 2. The van der Waals surface area contributed by atoms with Gasteiger partial charge in [0, 0.05) is 22.5 Å². The summed E-state index contributed by atoms with van der Waals surface area (Å²) in [4.78, 5) is 24.0. The fourth-order valence-corrected chi connectivity index (χ4v) is 3.65. The lowest BCUT2D eigenvalue weighted by molar-refractivity contribution is 0.101. The van der Waals surface area contributed by atoms with Crippen LogP contribution in [-0.4, -0.2) is 20.1 Å². The average Bonchev–Trinajstić information content (AvgIpc) is 2.68. The summed E-state index contributed by atoms with van der Waals surface area (Å²) in [6.07, 6.45) is 0. The first-order chi connectivity index (χ1) is 13.3. The molecule has 0 bridgehead atoms. The molecule has 7 heteroatoms. The van der Waals surface area contributed by atoms with E-state index >= 15 is 0 Å². The molecule has 2 N–H and O–H groups in total. The molecule has 28 heavy (non-hydrogen) atoms. The van der Waals surface area contributed by atoms with Gasteiger partial charge in [0.2, 0.25) is 0 Å². The second-order valence-electron chi connectivity index (χ2n) is 6.09. The summed E-state index contributed by atoms with van der Waals surface area (Å²) in [6, 6.07) is 20.8. The third-order valence-electron chi connectivity index (χ3n) is 3.96. The molecule has 0 aliphatic heterocycles. The Kier molecular flexibility index (Phi) is 5.56. The lowest BCUT2D eigenvalue weighted by Gasteiger charge is -2.10. The smallest absolute Gasteiger partial charge is 0.261 e. The van der Waals surface area contributed by atoms with Crippen LogP contribution in [0.1, 0.15) is 27.6 Å². The molecule has 1 amide bonds. The number of amides is 1. The Morgan fingerprint density at radius 1 is 0.750 bits per heavy atom. The van der Waals surface area contributed by atoms with E-state index in [2.05, 4.69) is 10.0 Å². The van der Waals surface area contributed by atoms with E-state index in [-0.39, 0.29) is 16.2 Å². The summed E-state index contributed by atoms with van der Waals surface area (Å²) in [5.41, 5.74) is 1.54.